The number of rotatable bonds is 4. The zero-order valence-corrected chi connectivity index (χ0v) is 11.0. The number of pyridine rings is 1. The fourth-order valence-electron chi connectivity index (χ4n) is 1.13. The van der Waals surface area contributed by atoms with Gasteiger partial charge in [-0.25, -0.2) is 9.78 Å². The van der Waals surface area contributed by atoms with Crippen molar-refractivity contribution in [3.05, 3.63) is 29.0 Å². The number of hydrogen-bond acceptors (Lipinski definition) is 3. The van der Waals surface area contributed by atoms with Crippen LogP contribution in [0.4, 0.5) is 4.79 Å². The molecule has 3 amide bonds. The van der Waals surface area contributed by atoms with E-state index in [1.54, 1.807) is 32.3 Å². The van der Waals surface area contributed by atoms with E-state index in [2.05, 4.69) is 15.6 Å². The van der Waals surface area contributed by atoms with Crippen LogP contribution in [0.15, 0.2) is 18.2 Å². The lowest BCUT2D eigenvalue weighted by Crippen LogP contribution is -2.39. The van der Waals surface area contributed by atoms with Gasteiger partial charge in [-0.15, -0.1) is 0 Å². The van der Waals surface area contributed by atoms with Crippen LogP contribution in [-0.4, -0.2) is 49.0 Å². The monoisotopic (exact) mass is 270 g/mol. The summed E-state index contributed by atoms with van der Waals surface area (Å²) in [6.45, 7) is 0.677. The third-order valence-electron chi connectivity index (χ3n) is 2.04. The van der Waals surface area contributed by atoms with E-state index in [4.69, 9.17) is 11.6 Å². The van der Waals surface area contributed by atoms with Gasteiger partial charge in [0.25, 0.3) is 5.91 Å². The second kappa shape index (κ2) is 6.80. The van der Waals surface area contributed by atoms with E-state index in [1.807, 2.05) is 0 Å². The molecule has 0 fully saturated rings. The Bertz CT molecular complexity index is 437. The third-order valence-corrected chi connectivity index (χ3v) is 2.25. The maximum atomic E-state index is 11.6. The molecule has 1 aromatic heterocycles. The van der Waals surface area contributed by atoms with Gasteiger partial charge in [0.05, 0.1) is 0 Å². The molecule has 0 aliphatic heterocycles. The molecule has 7 heteroatoms. The van der Waals surface area contributed by atoms with Crippen molar-refractivity contribution in [3.63, 3.8) is 0 Å². The first-order chi connectivity index (χ1) is 8.50. The molecule has 0 saturated heterocycles. The van der Waals surface area contributed by atoms with E-state index in [1.165, 1.54) is 4.90 Å². The lowest BCUT2D eigenvalue weighted by molar-refractivity contribution is 0.0948. The highest BCUT2D eigenvalue weighted by atomic mass is 35.5. The van der Waals surface area contributed by atoms with Crippen molar-refractivity contribution in [3.8, 4) is 0 Å². The molecule has 0 saturated carbocycles. The largest absolute Gasteiger partial charge is 0.349 e. The van der Waals surface area contributed by atoms with Crippen molar-refractivity contribution in [2.45, 2.75) is 0 Å². The molecule has 6 nitrogen and oxygen atoms in total. The van der Waals surface area contributed by atoms with Crippen LogP contribution >= 0.6 is 11.6 Å². The minimum Gasteiger partial charge on any atom is -0.349 e. The molecule has 0 aliphatic rings. The molecule has 18 heavy (non-hydrogen) atoms. The zero-order valence-electron chi connectivity index (χ0n) is 10.2. The van der Waals surface area contributed by atoms with Crippen molar-refractivity contribution in [1.29, 1.82) is 0 Å². The predicted octanol–water partition coefficient (Wildman–Crippen LogP) is 0.736. The smallest absolute Gasteiger partial charge is 0.316 e. The van der Waals surface area contributed by atoms with Gasteiger partial charge in [0.1, 0.15) is 10.8 Å². The number of nitrogens with zero attached hydrogens (tertiary/aromatic N) is 2. The van der Waals surface area contributed by atoms with E-state index >= 15 is 0 Å². The maximum absolute atomic E-state index is 11.6. The number of nitrogens with one attached hydrogen (secondary N) is 2. The Kier molecular flexibility index (Phi) is 5.38. The highest BCUT2D eigenvalue weighted by molar-refractivity contribution is 6.29. The van der Waals surface area contributed by atoms with E-state index in [9.17, 15) is 9.59 Å². The van der Waals surface area contributed by atoms with Gasteiger partial charge < -0.3 is 15.5 Å². The Morgan fingerprint density at radius 3 is 2.56 bits per heavy atom. The summed E-state index contributed by atoms with van der Waals surface area (Å²) in [7, 11) is 3.29. The first-order valence-corrected chi connectivity index (χ1v) is 5.74. The highest BCUT2D eigenvalue weighted by Crippen LogP contribution is 2.04. The van der Waals surface area contributed by atoms with Crippen LogP contribution in [0.2, 0.25) is 5.15 Å². The van der Waals surface area contributed by atoms with Gasteiger partial charge in [-0.05, 0) is 12.1 Å². The SMILES string of the molecule is CN(C)C(=O)NCCNC(=O)c1cccc(Cl)n1. The Balaban J connectivity index is 2.32. The molecule has 0 atom stereocenters. The molecule has 1 heterocycles. The standard InChI is InChI=1S/C11H15ClN4O2/c1-16(2)11(18)14-7-6-13-10(17)8-4-3-5-9(12)15-8/h3-5H,6-7H2,1-2H3,(H,13,17)(H,14,18). The van der Waals surface area contributed by atoms with Gasteiger partial charge in [0.15, 0.2) is 0 Å². The Morgan fingerprint density at radius 2 is 1.94 bits per heavy atom. The van der Waals surface area contributed by atoms with Crippen molar-refractivity contribution in [2.24, 2.45) is 0 Å². The number of halogens is 1. The lowest BCUT2D eigenvalue weighted by atomic mass is 10.3. The lowest BCUT2D eigenvalue weighted by Gasteiger charge is -2.12. The molecular formula is C11H15ClN4O2. The van der Waals surface area contributed by atoms with Gasteiger partial charge in [0.2, 0.25) is 0 Å². The molecule has 0 spiro atoms. The minimum absolute atomic E-state index is 0.204. The molecule has 0 aromatic carbocycles. The van der Waals surface area contributed by atoms with Gasteiger partial charge in [0, 0.05) is 27.2 Å². The van der Waals surface area contributed by atoms with Crippen LogP contribution in [0.25, 0.3) is 0 Å². The van der Waals surface area contributed by atoms with Gasteiger partial charge in [-0.2, -0.15) is 0 Å². The van der Waals surface area contributed by atoms with Crippen LogP contribution < -0.4 is 10.6 Å². The first kappa shape index (κ1) is 14.2. The summed E-state index contributed by atoms with van der Waals surface area (Å²) >= 11 is 5.67. The zero-order chi connectivity index (χ0) is 13.5. The predicted molar refractivity (Wildman–Crippen MR) is 68.7 cm³/mol. The highest BCUT2D eigenvalue weighted by Gasteiger charge is 2.07. The number of hydrogen-bond donors (Lipinski definition) is 2. The molecule has 0 unspecified atom stereocenters. The van der Waals surface area contributed by atoms with E-state index in [0.717, 1.165) is 0 Å². The summed E-state index contributed by atoms with van der Waals surface area (Å²) in [4.78, 5) is 28.1. The van der Waals surface area contributed by atoms with Crippen LogP contribution in [0.3, 0.4) is 0 Å². The van der Waals surface area contributed by atoms with Crippen LogP contribution in [-0.2, 0) is 0 Å². The summed E-state index contributed by atoms with van der Waals surface area (Å²) in [6.07, 6.45) is 0. The maximum Gasteiger partial charge on any atom is 0.316 e. The molecule has 1 aromatic rings. The first-order valence-electron chi connectivity index (χ1n) is 5.36. The third kappa shape index (κ3) is 4.58. The summed E-state index contributed by atoms with van der Waals surface area (Å²) in [5.41, 5.74) is 0.251. The van der Waals surface area contributed by atoms with Crippen LogP contribution in [0.5, 0.6) is 0 Å². The quantitative estimate of drug-likeness (QED) is 0.626. The molecule has 0 bridgehead atoms. The Labute approximate surface area is 110 Å². The molecule has 1 rings (SSSR count). The molecular weight excluding hydrogens is 256 g/mol. The summed E-state index contributed by atoms with van der Waals surface area (Å²) < 4.78 is 0. The second-order valence-electron chi connectivity index (χ2n) is 3.73. The van der Waals surface area contributed by atoms with Crippen molar-refractivity contribution in [1.82, 2.24) is 20.5 Å². The topological polar surface area (TPSA) is 74.3 Å². The van der Waals surface area contributed by atoms with Gasteiger partial charge >= 0.3 is 6.03 Å². The van der Waals surface area contributed by atoms with E-state index in [-0.39, 0.29) is 22.8 Å². The number of carbonyl (C=O) groups is 2. The average molecular weight is 271 g/mol. The minimum atomic E-state index is -0.323. The average Bonchev–Trinajstić information content (AvgIpc) is 2.33. The van der Waals surface area contributed by atoms with E-state index in [0.29, 0.717) is 13.1 Å². The summed E-state index contributed by atoms with van der Waals surface area (Å²) in [5, 5.41) is 5.52. The molecule has 0 aliphatic carbocycles. The molecule has 2 N–H and O–H groups in total. The van der Waals surface area contributed by atoms with Gasteiger partial charge in [-0.1, -0.05) is 17.7 Å². The summed E-state index contributed by atoms with van der Waals surface area (Å²) in [6, 6.07) is 4.61. The normalized spacial score (nSPS) is 9.72. The fourth-order valence-corrected chi connectivity index (χ4v) is 1.29. The number of carbonyl (C=O) groups excluding carboxylic acids is 2. The summed E-state index contributed by atoms with van der Waals surface area (Å²) in [5.74, 6) is -0.323. The molecule has 0 radical (unpaired) electrons. The Morgan fingerprint density at radius 1 is 1.28 bits per heavy atom. The van der Waals surface area contributed by atoms with Gasteiger partial charge in [-0.3, -0.25) is 4.79 Å². The Hall–Kier alpha value is -1.82. The van der Waals surface area contributed by atoms with E-state index < -0.39 is 0 Å². The van der Waals surface area contributed by atoms with Crippen LogP contribution in [0, 0.1) is 0 Å². The van der Waals surface area contributed by atoms with Crippen molar-refractivity contribution >= 4 is 23.5 Å². The fraction of sp³-hybridized carbons (Fsp3) is 0.364. The van der Waals surface area contributed by atoms with Crippen LogP contribution in [0.1, 0.15) is 10.5 Å². The molecule has 98 valence electrons. The number of amides is 3. The number of aromatic nitrogens is 1. The van der Waals surface area contributed by atoms with Crippen molar-refractivity contribution in [2.75, 3.05) is 27.2 Å². The number of urea groups is 1. The van der Waals surface area contributed by atoms with Crippen molar-refractivity contribution < 1.29 is 9.59 Å². The second-order valence-corrected chi connectivity index (χ2v) is 4.12.